The van der Waals surface area contributed by atoms with Gasteiger partial charge in [-0.1, -0.05) is 20.8 Å². The molecule has 0 bridgehead atoms. The molecule has 0 saturated carbocycles. The molecule has 4 amide bonds. The number of imide groups is 2. The van der Waals surface area contributed by atoms with Crippen LogP contribution in [0, 0.1) is 11.3 Å². The summed E-state index contributed by atoms with van der Waals surface area (Å²) in [5, 5.41) is 4.33. The molecule has 0 aromatic rings. The summed E-state index contributed by atoms with van der Waals surface area (Å²) in [6, 6.07) is -0.719. The Morgan fingerprint density at radius 1 is 1.12 bits per heavy atom. The largest absolute Gasteiger partial charge is 0.328 e. The summed E-state index contributed by atoms with van der Waals surface area (Å²) in [6.45, 7) is 5.86. The number of barbiturate groups is 1. The van der Waals surface area contributed by atoms with E-state index in [1.54, 1.807) is 6.92 Å². The minimum atomic E-state index is -1.07. The lowest BCUT2D eigenvalue weighted by atomic mass is 9.76. The lowest BCUT2D eigenvalue weighted by Gasteiger charge is -2.33. The van der Waals surface area contributed by atoms with Gasteiger partial charge in [-0.2, -0.15) is 0 Å². The normalized spacial score (nSPS) is 18.5. The summed E-state index contributed by atoms with van der Waals surface area (Å²) >= 11 is 0. The van der Waals surface area contributed by atoms with Crippen LogP contribution in [0.1, 0.15) is 40.0 Å². The monoisotopic (exact) mass is 246 g/mol. The van der Waals surface area contributed by atoms with E-state index in [9.17, 15) is 14.4 Å². The van der Waals surface area contributed by atoms with Crippen molar-refractivity contribution >= 4 is 17.8 Å². The number of hydrogen-bond donors (Lipinski definition) is 2. The number of halogens is 1. The molecule has 2 N–H and O–H groups in total. The Morgan fingerprint density at radius 3 is 1.94 bits per heavy atom. The van der Waals surface area contributed by atoms with Gasteiger partial charge in [-0.15, -0.1) is 0 Å². The van der Waals surface area contributed by atoms with E-state index in [4.69, 9.17) is 0 Å². The molecule has 0 atom stereocenters. The number of carbonyl (C=O) groups is 3. The number of amides is 4. The van der Waals surface area contributed by atoms with E-state index in [1.165, 1.54) is 0 Å². The fraction of sp³-hybridized carbons (Fsp3) is 0.727. The molecule has 1 fully saturated rings. The van der Waals surface area contributed by atoms with Gasteiger partial charge in [0, 0.05) is 0 Å². The fourth-order valence-corrected chi connectivity index (χ4v) is 1.84. The van der Waals surface area contributed by atoms with Crippen LogP contribution in [0.2, 0.25) is 0 Å². The molecule has 0 aliphatic carbocycles. The molecule has 1 rings (SSSR count). The van der Waals surface area contributed by atoms with E-state index < -0.39 is 23.3 Å². The lowest BCUT2D eigenvalue weighted by molar-refractivity contribution is -0.145. The van der Waals surface area contributed by atoms with Crippen LogP contribution in [0.4, 0.5) is 9.50 Å². The maximum atomic E-state index is 11.8. The van der Waals surface area contributed by atoms with E-state index in [2.05, 4.69) is 10.6 Å². The zero-order valence-corrected chi connectivity index (χ0v) is 10.3. The molecule has 0 spiro atoms. The predicted molar refractivity (Wildman–Crippen MR) is 61.0 cm³/mol. The molecular formula is C11H19FN2O3. The smallest absolute Gasteiger partial charge is 0.277 e. The second kappa shape index (κ2) is 5.75. The van der Waals surface area contributed by atoms with Crippen LogP contribution in [0.3, 0.4) is 0 Å². The van der Waals surface area contributed by atoms with Gasteiger partial charge in [0.2, 0.25) is 11.8 Å². The molecule has 0 unspecified atom stereocenters. The van der Waals surface area contributed by atoms with Gasteiger partial charge in [-0.05, 0) is 25.2 Å². The second-order valence-corrected chi connectivity index (χ2v) is 4.61. The minimum Gasteiger partial charge on any atom is -0.277 e. The van der Waals surface area contributed by atoms with Gasteiger partial charge in [-0.25, -0.2) is 4.79 Å². The van der Waals surface area contributed by atoms with Gasteiger partial charge in [0.25, 0.3) is 0 Å². The van der Waals surface area contributed by atoms with E-state index in [1.807, 2.05) is 13.8 Å². The SMILES string of the molecule is CCC1(CCC(C)C)C(=O)NC(=O)NC1=O.F. The Bertz CT molecular complexity index is 309. The summed E-state index contributed by atoms with van der Waals surface area (Å²) in [6.07, 6.45) is 1.67. The quantitative estimate of drug-likeness (QED) is 0.735. The standard InChI is InChI=1S/C11H18N2O3.FH/c1-4-11(6-5-7(2)3)8(14)12-10(16)13-9(11)15;/h7H,4-6H2,1-3H3,(H2,12,13,14,15,16);1H. The fourth-order valence-electron chi connectivity index (χ4n) is 1.84. The van der Waals surface area contributed by atoms with Crippen LogP contribution in [-0.4, -0.2) is 17.8 Å². The molecule has 0 radical (unpaired) electrons. The molecule has 0 aromatic carbocycles. The maximum absolute atomic E-state index is 11.8. The van der Waals surface area contributed by atoms with Gasteiger partial charge in [0.1, 0.15) is 5.41 Å². The topological polar surface area (TPSA) is 75.3 Å². The summed E-state index contributed by atoms with van der Waals surface area (Å²) in [4.78, 5) is 34.5. The van der Waals surface area contributed by atoms with Crippen LogP contribution in [0.5, 0.6) is 0 Å². The van der Waals surface area contributed by atoms with Crippen LogP contribution in [0.25, 0.3) is 0 Å². The Morgan fingerprint density at radius 2 is 1.59 bits per heavy atom. The third kappa shape index (κ3) is 3.01. The van der Waals surface area contributed by atoms with Gasteiger partial charge in [-0.3, -0.25) is 24.9 Å². The van der Waals surface area contributed by atoms with Gasteiger partial charge in [0.15, 0.2) is 0 Å². The molecule has 1 heterocycles. The summed E-state index contributed by atoms with van der Waals surface area (Å²) in [7, 11) is 0. The zero-order valence-electron chi connectivity index (χ0n) is 10.3. The van der Waals surface area contributed by atoms with Crippen molar-refractivity contribution in [2.75, 3.05) is 0 Å². The highest BCUT2D eigenvalue weighted by Gasteiger charge is 2.48. The Labute approximate surface area is 99.7 Å². The van der Waals surface area contributed by atoms with Crippen molar-refractivity contribution < 1.29 is 19.1 Å². The molecule has 6 heteroatoms. The van der Waals surface area contributed by atoms with Crippen LogP contribution in [0.15, 0.2) is 0 Å². The number of carbonyl (C=O) groups excluding carboxylic acids is 3. The first-order valence-electron chi connectivity index (χ1n) is 5.59. The van der Waals surface area contributed by atoms with E-state index in [0.717, 1.165) is 6.42 Å². The van der Waals surface area contributed by atoms with Crippen molar-refractivity contribution in [3.8, 4) is 0 Å². The number of urea groups is 1. The molecule has 17 heavy (non-hydrogen) atoms. The zero-order chi connectivity index (χ0) is 12.3. The van der Waals surface area contributed by atoms with Gasteiger partial charge < -0.3 is 0 Å². The summed E-state index contributed by atoms with van der Waals surface area (Å²) < 4.78 is 0. The highest BCUT2D eigenvalue weighted by atomic mass is 19.0. The first-order chi connectivity index (χ1) is 7.42. The van der Waals surface area contributed by atoms with Crippen molar-refractivity contribution in [1.82, 2.24) is 10.6 Å². The molecular weight excluding hydrogens is 227 g/mol. The minimum absolute atomic E-state index is 0. The highest BCUT2D eigenvalue weighted by molar-refractivity contribution is 6.19. The van der Waals surface area contributed by atoms with Crippen LogP contribution < -0.4 is 10.6 Å². The Kier molecular flexibility index (Phi) is 5.25. The predicted octanol–water partition coefficient (Wildman–Crippen LogP) is 1.34. The number of rotatable bonds is 4. The molecule has 1 aliphatic rings. The third-order valence-corrected chi connectivity index (χ3v) is 3.08. The molecule has 5 nitrogen and oxygen atoms in total. The molecule has 98 valence electrons. The van der Waals surface area contributed by atoms with Gasteiger partial charge >= 0.3 is 6.03 Å². The van der Waals surface area contributed by atoms with Crippen molar-refractivity contribution in [2.45, 2.75) is 40.0 Å². The van der Waals surface area contributed by atoms with Crippen LogP contribution >= 0.6 is 0 Å². The first-order valence-corrected chi connectivity index (χ1v) is 5.59. The van der Waals surface area contributed by atoms with Crippen LogP contribution in [-0.2, 0) is 9.59 Å². The molecule has 0 aromatic heterocycles. The van der Waals surface area contributed by atoms with E-state index in [0.29, 0.717) is 18.8 Å². The van der Waals surface area contributed by atoms with E-state index in [-0.39, 0.29) is 4.70 Å². The number of hydrogen-bond acceptors (Lipinski definition) is 3. The van der Waals surface area contributed by atoms with Crippen molar-refractivity contribution in [2.24, 2.45) is 11.3 Å². The lowest BCUT2D eigenvalue weighted by Crippen LogP contribution is -2.62. The van der Waals surface area contributed by atoms with Gasteiger partial charge in [0.05, 0.1) is 0 Å². The Balaban J connectivity index is 0.00000256. The molecule has 1 aliphatic heterocycles. The van der Waals surface area contributed by atoms with Crippen molar-refractivity contribution in [3.63, 3.8) is 0 Å². The average Bonchev–Trinajstić information content (AvgIpc) is 2.17. The Hall–Kier alpha value is -1.46. The van der Waals surface area contributed by atoms with E-state index >= 15 is 0 Å². The second-order valence-electron chi connectivity index (χ2n) is 4.61. The third-order valence-electron chi connectivity index (χ3n) is 3.08. The first kappa shape index (κ1) is 15.5. The molecule has 1 saturated heterocycles. The summed E-state index contributed by atoms with van der Waals surface area (Å²) in [5.41, 5.74) is -1.07. The van der Waals surface area contributed by atoms with Crippen molar-refractivity contribution in [1.29, 1.82) is 0 Å². The summed E-state index contributed by atoms with van der Waals surface area (Å²) in [5.74, 6) is -0.518. The highest BCUT2D eigenvalue weighted by Crippen LogP contribution is 2.32. The number of nitrogens with one attached hydrogen (secondary N) is 2. The van der Waals surface area contributed by atoms with Crippen molar-refractivity contribution in [3.05, 3.63) is 0 Å². The average molecular weight is 246 g/mol. The maximum Gasteiger partial charge on any atom is 0.328 e.